The highest BCUT2D eigenvalue weighted by Gasteiger charge is 2.51. The predicted molar refractivity (Wildman–Crippen MR) is 100 cm³/mol. The van der Waals surface area contributed by atoms with Crippen molar-refractivity contribution in [1.29, 1.82) is 0 Å². The van der Waals surface area contributed by atoms with Crippen molar-refractivity contribution in [3.05, 3.63) is 75.9 Å². The van der Waals surface area contributed by atoms with Gasteiger partial charge in [-0.05, 0) is 54.8 Å². The SMILES string of the molecule is Fc1ccc(-c2cnc3nnc(C4(c5ccc(Cl)cc5Cl)CC4)n3n2)cc1. The fourth-order valence-electron chi connectivity index (χ4n) is 3.36. The lowest BCUT2D eigenvalue weighted by Gasteiger charge is -2.15. The Hall–Kier alpha value is -2.57. The third kappa shape index (κ3) is 2.67. The first kappa shape index (κ1) is 16.6. The molecule has 0 N–H and O–H groups in total. The Balaban J connectivity index is 1.65. The molecular weight excluding hydrogens is 388 g/mol. The summed E-state index contributed by atoms with van der Waals surface area (Å²) in [6.45, 7) is 0. The van der Waals surface area contributed by atoms with Crippen molar-refractivity contribution < 1.29 is 4.39 Å². The van der Waals surface area contributed by atoms with Crippen molar-refractivity contribution >= 4 is 29.0 Å². The van der Waals surface area contributed by atoms with Gasteiger partial charge in [0.2, 0.25) is 0 Å². The number of aromatic nitrogens is 5. The van der Waals surface area contributed by atoms with Gasteiger partial charge in [0.1, 0.15) is 11.5 Å². The lowest BCUT2D eigenvalue weighted by molar-refractivity contribution is 0.628. The van der Waals surface area contributed by atoms with Gasteiger partial charge >= 0.3 is 0 Å². The standard InChI is InChI=1S/C19H12Cl2FN5/c20-12-3-6-14(15(21)9-12)19(7-8-19)17-24-25-18-23-10-16(26-27(17)18)11-1-4-13(22)5-2-11/h1-6,9-10H,7-8H2. The molecule has 1 fully saturated rings. The molecule has 0 bridgehead atoms. The largest absolute Gasteiger partial charge is 0.271 e. The van der Waals surface area contributed by atoms with Crippen molar-refractivity contribution in [1.82, 2.24) is 24.8 Å². The molecule has 2 aromatic carbocycles. The second-order valence-corrected chi connectivity index (χ2v) is 7.44. The Morgan fingerprint density at radius 3 is 2.48 bits per heavy atom. The van der Waals surface area contributed by atoms with E-state index in [9.17, 15) is 4.39 Å². The second kappa shape index (κ2) is 5.97. The van der Waals surface area contributed by atoms with E-state index < -0.39 is 0 Å². The number of nitrogens with zero attached hydrogens (tertiary/aromatic N) is 5. The van der Waals surface area contributed by atoms with Gasteiger partial charge in [-0.25, -0.2) is 9.37 Å². The Morgan fingerprint density at radius 1 is 1.00 bits per heavy atom. The predicted octanol–water partition coefficient (Wildman–Crippen LogP) is 4.71. The zero-order chi connectivity index (χ0) is 18.6. The lowest BCUT2D eigenvalue weighted by Crippen LogP contribution is -2.16. The summed E-state index contributed by atoms with van der Waals surface area (Å²) in [4.78, 5) is 4.35. The van der Waals surface area contributed by atoms with Crippen LogP contribution in [-0.4, -0.2) is 24.8 Å². The van der Waals surface area contributed by atoms with E-state index in [1.165, 1.54) is 12.1 Å². The van der Waals surface area contributed by atoms with E-state index in [4.69, 9.17) is 23.2 Å². The van der Waals surface area contributed by atoms with Gasteiger partial charge in [0.25, 0.3) is 5.78 Å². The first-order chi connectivity index (χ1) is 13.1. The summed E-state index contributed by atoms with van der Waals surface area (Å²) < 4.78 is 14.9. The molecule has 0 aliphatic heterocycles. The van der Waals surface area contributed by atoms with E-state index in [0.717, 1.165) is 24.0 Å². The van der Waals surface area contributed by atoms with E-state index in [2.05, 4.69) is 20.3 Å². The number of hydrogen-bond donors (Lipinski definition) is 0. The van der Waals surface area contributed by atoms with Crippen molar-refractivity contribution in [3.8, 4) is 11.3 Å². The highest BCUT2D eigenvalue weighted by molar-refractivity contribution is 6.35. The highest BCUT2D eigenvalue weighted by atomic mass is 35.5. The number of halogens is 3. The van der Waals surface area contributed by atoms with Crippen LogP contribution in [0.2, 0.25) is 10.0 Å². The molecule has 0 radical (unpaired) electrons. The van der Waals surface area contributed by atoms with Gasteiger partial charge in [0.05, 0.1) is 11.6 Å². The minimum absolute atomic E-state index is 0.299. The number of benzene rings is 2. The molecule has 2 aromatic heterocycles. The summed E-state index contributed by atoms with van der Waals surface area (Å²) in [7, 11) is 0. The number of fused-ring (bicyclic) bond motifs is 1. The summed E-state index contributed by atoms with van der Waals surface area (Å²) in [5, 5.41) is 14.3. The van der Waals surface area contributed by atoms with Crippen LogP contribution in [0.15, 0.2) is 48.7 Å². The van der Waals surface area contributed by atoms with Crippen molar-refractivity contribution in [2.24, 2.45) is 0 Å². The molecule has 4 aromatic rings. The van der Waals surface area contributed by atoms with E-state index in [-0.39, 0.29) is 11.2 Å². The summed E-state index contributed by atoms with van der Waals surface area (Å²) in [5.74, 6) is 0.803. The minimum atomic E-state index is -0.350. The van der Waals surface area contributed by atoms with Gasteiger partial charge in [0.15, 0.2) is 5.82 Å². The molecule has 0 amide bonds. The lowest BCUT2D eigenvalue weighted by atomic mass is 9.95. The third-order valence-corrected chi connectivity index (χ3v) is 5.45. The first-order valence-corrected chi connectivity index (χ1v) is 9.13. The molecular formula is C19H12Cl2FN5. The van der Waals surface area contributed by atoms with Crippen LogP contribution in [0, 0.1) is 5.82 Å². The molecule has 27 heavy (non-hydrogen) atoms. The summed E-state index contributed by atoms with van der Waals surface area (Å²) in [6, 6.07) is 11.6. The summed E-state index contributed by atoms with van der Waals surface area (Å²) in [6.07, 6.45) is 3.38. The van der Waals surface area contributed by atoms with Crippen LogP contribution in [0.1, 0.15) is 24.2 Å². The van der Waals surface area contributed by atoms with Crippen LogP contribution in [0.25, 0.3) is 17.0 Å². The second-order valence-electron chi connectivity index (χ2n) is 6.59. The molecule has 8 heteroatoms. The molecule has 0 saturated heterocycles. The van der Waals surface area contributed by atoms with Crippen LogP contribution in [0.3, 0.4) is 0 Å². The Bertz CT molecular complexity index is 1170. The minimum Gasteiger partial charge on any atom is -0.216 e. The molecule has 1 saturated carbocycles. The Kier molecular flexibility index (Phi) is 3.67. The van der Waals surface area contributed by atoms with Crippen LogP contribution < -0.4 is 0 Å². The molecule has 0 atom stereocenters. The van der Waals surface area contributed by atoms with Crippen molar-refractivity contribution in [2.45, 2.75) is 18.3 Å². The van der Waals surface area contributed by atoms with Crippen molar-refractivity contribution in [3.63, 3.8) is 0 Å². The Labute approximate surface area is 163 Å². The average Bonchev–Trinajstić information content (AvgIpc) is 3.34. The quantitative estimate of drug-likeness (QED) is 0.500. The van der Waals surface area contributed by atoms with Crippen LogP contribution in [0.4, 0.5) is 4.39 Å². The molecule has 1 aliphatic rings. The third-order valence-electron chi connectivity index (χ3n) is 4.90. The molecule has 5 nitrogen and oxygen atoms in total. The van der Waals surface area contributed by atoms with E-state index in [1.807, 2.05) is 12.1 Å². The van der Waals surface area contributed by atoms with Crippen molar-refractivity contribution in [2.75, 3.05) is 0 Å². The van der Waals surface area contributed by atoms with Crippen LogP contribution in [0.5, 0.6) is 0 Å². The number of rotatable bonds is 3. The topological polar surface area (TPSA) is 56.0 Å². The smallest absolute Gasteiger partial charge is 0.216 e. The normalized spacial score (nSPS) is 15.2. The molecule has 1 aliphatic carbocycles. The first-order valence-electron chi connectivity index (χ1n) is 8.37. The summed E-state index contributed by atoms with van der Waals surface area (Å²) in [5.41, 5.74) is 1.98. The van der Waals surface area contributed by atoms with Gasteiger partial charge in [-0.15, -0.1) is 10.2 Å². The van der Waals surface area contributed by atoms with E-state index >= 15 is 0 Å². The fraction of sp³-hybridized carbons (Fsp3) is 0.158. The Morgan fingerprint density at radius 2 is 1.78 bits per heavy atom. The van der Waals surface area contributed by atoms with E-state index in [0.29, 0.717) is 27.3 Å². The highest BCUT2D eigenvalue weighted by Crippen LogP contribution is 2.54. The number of hydrogen-bond acceptors (Lipinski definition) is 4. The monoisotopic (exact) mass is 399 g/mol. The molecule has 0 spiro atoms. The van der Waals surface area contributed by atoms with Crippen LogP contribution in [-0.2, 0) is 5.41 Å². The van der Waals surface area contributed by atoms with Gasteiger partial charge in [-0.2, -0.15) is 9.61 Å². The van der Waals surface area contributed by atoms with Gasteiger partial charge in [0, 0.05) is 15.6 Å². The molecule has 2 heterocycles. The molecule has 134 valence electrons. The zero-order valence-electron chi connectivity index (χ0n) is 13.9. The fourth-order valence-corrected chi connectivity index (χ4v) is 3.95. The zero-order valence-corrected chi connectivity index (χ0v) is 15.4. The average molecular weight is 400 g/mol. The maximum Gasteiger partial charge on any atom is 0.271 e. The summed E-state index contributed by atoms with van der Waals surface area (Å²) >= 11 is 12.5. The van der Waals surface area contributed by atoms with Gasteiger partial charge in [-0.3, -0.25) is 0 Å². The molecule has 5 rings (SSSR count). The van der Waals surface area contributed by atoms with Crippen LogP contribution >= 0.6 is 23.2 Å². The van der Waals surface area contributed by atoms with E-state index in [1.54, 1.807) is 28.9 Å². The maximum absolute atomic E-state index is 13.2. The van der Waals surface area contributed by atoms with Gasteiger partial charge in [-0.1, -0.05) is 29.3 Å². The van der Waals surface area contributed by atoms with Gasteiger partial charge < -0.3 is 0 Å². The maximum atomic E-state index is 13.2. The molecule has 0 unspecified atom stereocenters.